The molecule has 142 valence electrons. The number of carbonyl (C=O) groups excluding carboxylic acids is 1. The Kier molecular flexibility index (Phi) is 8.78. The fourth-order valence-electron chi connectivity index (χ4n) is 2.50. The first-order valence-corrected chi connectivity index (χ1v) is 9.96. The van der Waals surface area contributed by atoms with Crippen LogP contribution in [-0.4, -0.2) is 33.5 Å². The van der Waals surface area contributed by atoms with Gasteiger partial charge in [-0.25, -0.2) is 8.42 Å². The van der Waals surface area contributed by atoms with Crippen LogP contribution in [0.4, 0.5) is 0 Å². The number of nitrogens with one attached hydrogen (secondary N) is 2. The number of hydrogen-bond donors (Lipinski definition) is 2. The third-order valence-electron chi connectivity index (χ3n) is 3.77. The number of benzene rings is 2. The van der Waals surface area contributed by atoms with E-state index in [1.807, 2.05) is 13.8 Å². The van der Waals surface area contributed by atoms with E-state index in [-0.39, 0.29) is 35.0 Å². The summed E-state index contributed by atoms with van der Waals surface area (Å²) in [4.78, 5) is 12.5. The molecular formula is C19H25ClN2O3S. The number of hydrogen-bond acceptors (Lipinski definition) is 4. The van der Waals surface area contributed by atoms with Crippen molar-refractivity contribution in [2.24, 2.45) is 0 Å². The van der Waals surface area contributed by atoms with E-state index in [1.165, 1.54) is 0 Å². The van der Waals surface area contributed by atoms with Crippen LogP contribution in [0.2, 0.25) is 0 Å². The normalized spacial score (nSPS) is 12.1. The summed E-state index contributed by atoms with van der Waals surface area (Å²) >= 11 is 0. The van der Waals surface area contributed by atoms with Crippen LogP contribution in [0.1, 0.15) is 29.8 Å². The summed E-state index contributed by atoms with van der Waals surface area (Å²) in [5.74, 6) is -0.338. The van der Waals surface area contributed by atoms with E-state index in [2.05, 4.69) is 10.6 Å². The molecule has 0 aliphatic heterocycles. The standard InChI is InChI=1S/C19H24N2O3S.ClH/c1-3-20-15(2)13-21-19(22)17-9-7-8-16(12-17)14-25(23,24)18-10-5-4-6-11-18;/h4-12,15,20H,3,13-14H2,1-2H3,(H,21,22);1H/t15-;/m1./s1. The zero-order valence-electron chi connectivity index (χ0n) is 14.9. The summed E-state index contributed by atoms with van der Waals surface area (Å²) in [6, 6.07) is 15.2. The average Bonchev–Trinajstić information content (AvgIpc) is 2.60. The quantitative estimate of drug-likeness (QED) is 0.719. The van der Waals surface area contributed by atoms with Crippen molar-refractivity contribution in [2.45, 2.75) is 30.5 Å². The minimum absolute atomic E-state index is 0. The molecule has 0 fully saturated rings. The maximum atomic E-state index is 12.5. The van der Waals surface area contributed by atoms with Crippen LogP contribution in [-0.2, 0) is 15.6 Å². The Labute approximate surface area is 161 Å². The Balaban J connectivity index is 0.00000338. The third-order valence-corrected chi connectivity index (χ3v) is 5.47. The summed E-state index contributed by atoms with van der Waals surface area (Å²) in [5, 5.41) is 6.07. The fraction of sp³-hybridized carbons (Fsp3) is 0.316. The lowest BCUT2D eigenvalue weighted by molar-refractivity contribution is 0.0950. The lowest BCUT2D eigenvalue weighted by atomic mass is 10.1. The highest BCUT2D eigenvalue weighted by Crippen LogP contribution is 2.17. The molecule has 0 spiro atoms. The maximum absolute atomic E-state index is 12.5. The first-order chi connectivity index (χ1) is 11.9. The van der Waals surface area contributed by atoms with Gasteiger partial charge in [0.25, 0.3) is 5.91 Å². The van der Waals surface area contributed by atoms with Crippen molar-refractivity contribution in [3.8, 4) is 0 Å². The molecule has 5 nitrogen and oxygen atoms in total. The molecule has 0 aliphatic rings. The second-order valence-corrected chi connectivity index (χ2v) is 7.93. The Morgan fingerprint density at radius 2 is 1.77 bits per heavy atom. The SMILES string of the molecule is CCN[C@H](C)CNC(=O)c1cccc(CS(=O)(=O)c2ccccc2)c1.Cl. The summed E-state index contributed by atoms with van der Waals surface area (Å²) in [7, 11) is -3.43. The second kappa shape index (κ2) is 10.3. The molecule has 2 rings (SSSR count). The van der Waals surface area contributed by atoms with Crippen LogP contribution >= 0.6 is 12.4 Å². The molecule has 1 atom stereocenters. The van der Waals surface area contributed by atoms with Gasteiger partial charge in [-0.2, -0.15) is 0 Å². The molecule has 0 aliphatic carbocycles. The van der Waals surface area contributed by atoms with Crippen LogP contribution < -0.4 is 10.6 Å². The highest BCUT2D eigenvalue weighted by atomic mass is 35.5. The molecule has 26 heavy (non-hydrogen) atoms. The van der Waals surface area contributed by atoms with Crippen LogP contribution in [0.5, 0.6) is 0 Å². The third kappa shape index (κ3) is 6.44. The highest BCUT2D eigenvalue weighted by molar-refractivity contribution is 7.90. The monoisotopic (exact) mass is 396 g/mol. The van der Waals surface area contributed by atoms with E-state index in [0.29, 0.717) is 17.7 Å². The fourth-order valence-corrected chi connectivity index (χ4v) is 3.86. The number of amides is 1. The minimum atomic E-state index is -3.43. The number of likely N-dealkylation sites (N-methyl/N-ethyl adjacent to an activating group) is 1. The molecule has 0 unspecified atom stereocenters. The molecule has 2 aromatic rings. The number of rotatable bonds is 8. The minimum Gasteiger partial charge on any atom is -0.350 e. The number of sulfone groups is 1. The van der Waals surface area contributed by atoms with Crippen molar-refractivity contribution in [1.82, 2.24) is 10.6 Å². The molecule has 0 radical (unpaired) electrons. The van der Waals surface area contributed by atoms with Crippen molar-refractivity contribution < 1.29 is 13.2 Å². The van der Waals surface area contributed by atoms with Crippen molar-refractivity contribution in [2.75, 3.05) is 13.1 Å². The zero-order chi connectivity index (χ0) is 18.3. The van der Waals surface area contributed by atoms with E-state index in [9.17, 15) is 13.2 Å². The van der Waals surface area contributed by atoms with Gasteiger partial charge in [0, 0.05) is 18.2 Å². The van der Waals surface area contributed by atoms with Crippen LogP contribution in [0.25, 0.3) is 0 Å². The zero-order valence-corrected chi connectivity index (χ0v) is 16.6. The molecule has 0 heterocycles. The first kappa shape index (κ1) is 22.2. The molecule has 0 saturated carbocycles. The molecule has 7 heteroatoms. The summed E-state index contributed by atoms with van der Waals surface area (Å²) < 4.78 is 24.9. The average molecular weight is 397 g/mol. The number of halogens is 1. The van der Waals surface area contributed by atoms with Crippen LogP contribution in [0.15, 0.2) is 59.5 Å². The molecule has 0 bridgehead atoms. The number of carbonyl (C=O) groups is 1. The summed E-state index contributed by atoms with van der Waals surface area (Å²) in [6.45, 7) is 5.35. The van der Waals surface area contributed by atoms with Crippen molar-refractivity contribution >= 4 is 28.2 Å². The van der Waals surface area contributed by atoms with Gasteiger partial charge >= 0.3 is 0 Å². The van der Waals surface area contributed by atoms with Gasteiger partial charge in [0.2, 0.25) is 0 Å². The van der Waals surface area contributed by atoms with E-state index in [4.69, 9.17) is 0 Å². The van der Waals surface area contributed by atoms with Crippen LogP contribution in [0.3, 0.4) is 0 Å². The molecule has 2 N–H and O–H groups in total. The first-order valence-electron chi connectivity index (χ1n) is 8.30. The van der Waals surface area contributed by atoms with Gasteiger partial charge in [-0.15, -0.1) is 12.4 Å². The largest absolute Gasteiger partial charge is 0.350 e. The summed E-state index contributed by atoms with van der Waals surface area (Å²) in [5.41, 5.74) is 1.06. The Morgan fingerprint density at radius 1 is 1.08 bits per heavy atom. The van der Waals surface area contributed by atoms with Crippen molar-refractivity contribution in [3.63, 3.8) is 0 Å². The van der Waals surface area contributed by atoms with Gasteiger partial charge in [0.15, 0.2) is 9.84 Å². The van der Waals surface area contributed by atoms with Crippen LogP contribution in [0, 0.1) is 0 Å². The van der Waals surface area contributed by atoms with Crippen molar-refractivity contribution in [1.29, 1.82) is 0 Å². The van der Waals surface area contributed by atoms with Gasteiger partial charge in [-0.1, -0.05) is 37.3 Å². The molecule has 0 saturated heterocycles. The Bertz CT molecular complexity index is 811. The summed E-state index contributed by atoms with van der Waals surface area (Å²) in [6.07, 6.45) is 0. The van der Waals surface area contributed by atoms with E-state index >= 15 is 0 Å². The van der Waals surface area contributed by atoms with Gasteiger partial charge in [0.05, 0.1) is 10.6 Å². The van der Waals surface area contributed by atoms with Gasteiger partial charge in [-0.3, -0.25) is 4.79 Å². The van der Waals surface area contributed by atoms with E-state index < -0.39 is 9.84 Å². The molecule has 2 aromatic carbocycles. The van der Waals surface area contributed by atoms with Gasteiger partial charge < -0.3 is 10.6 Å². The lowest BCUT2D eigenvalue weighted by Gasteiger charge is -2.13. The maximum Gasteiger partial charge on any atom is 0.251 e. The second-order valence-electron chi connectivity index (χ2n) is 5.94. The van der Waals surface area contributed by atoms with Gasteiger partial charge in [-0.05, 0) is 43.3 Å². The Hall–Kier alpha value is -1.89. The highest BCUT2D eigenvalue weighted by Gasteiger charge is 2.16. The molecular weight excluding hydrogens is 372 g/mol. The Morgan fingerprint density at radius 3 is 2.42 bits per heavy atom. The van der Waals surface area contributed by atoms with E-state index in [0.717, 1.165) is 6.54 Å². The predicted octanol–water partition coefficient (Wildman–Crippen LogP) is 2.81. The predicted molar refractivity (Wildman–Crippen MR) is 106 cm³/mol. The van der Waals surface area contributed by atoms with E-state index in [1.54, 1.807) is 54.6 Å². The topological polar surface area (TPSA) is 75.3 Å². The van der Waals surface area contributed by atoms with Gasteiger partial charge in [0.1, 0.15) is 0 Å². The molecule has 1 amide bonds. The van der Waals surface area contributed by atoms with Crippen molar-refractivity contribution in [3.05, 3.63) is 65.7 Å². The lowest BCUT2D eigenvalue weighted by Crippen LogP contribution is -2.38. The smallest absolute Gasteiger partial charge is 0.251 e. The molecule has 0 aromatic heterocycles.